The van der Waals surface area contributed by atoms with Gasteiger partial charge in [-0.2, -0.15) is 4.72 Å². The normalized spacial score (nSPS) is 18.0. The van der Waals surface area contributed by atoms with Crippen molar-refractivity contribution >= 4 is 15.9 Å². The van der Waals surface area contributed by atoms with Crippen LogP contribution < -0.4 is 10.0 Å². The molecule has 2 aromatic rings. The molecule has 8 heteroatoms. The average molecular weight is 406 g/mol. The van der Waals surface area contributed by atoms with Gasteiger partial charge in [0, 0.05) is 13.2 Å². The first-order valence-electron chi connectivity index (χ1n) is 9.15. The summed E-state index contributed by atoms with van der Waals surface area (Å²) in [6, 6.07) is 12.6. The molecule has 1 aliphatic heterocycles. The predicted octanol–water partition coefficient (Wildman–Crippen LogP) is 2.01. The average Bonchev–Trinajstić information content (AvgIpc) is 3.20. The monoisotopic (exact) mass is 406 g/mol. The first-order chi connectivity index (χ1) is 13.4. The topological polar surface area (TPSA) is 84.5 Å². The van der Waals surface area contributed by atoms with Crippen LogP contribution in [0.2, 0.25) is 0 Å². The van der Waals surface area contributed by atoms with Crippen molar-refractivity contribution in [3.63, 3.8) is 0 Å². The van der Waals surface area contributed by atoms with Gasteiger partial charge in [-0.15, -0.1) is 0 Å². The van der Waals surface area contributed by atoms with Crippen LogP contribution >= 0.6 is 0 Å². The third-order valence-corrected chi connectivity index (χ3v) is 6.04. The van der Waals surface area contributed by atoms with Crippen LogP contribution in [-0.2, 0) is 26.0 Å². The van der Waals surface area contributed by atoms with Crippen molar-refractivity contribution in [2.75, 3.05) is 13.2 Å². The summed E-state index contributed by atoms with van der Waals surface area (Å²) in [6.07, 6.45) is 1.96. The Kier molecular flexibility index (Phi) is 6.77. The van der Waals surface area contributed by atoms with E-state index in [1.807, 2.05) is 30.3 Å². The number of halogens is 1. The molecule has 1 fully saturated rings. The third kappa shape index (κ3) is 5.60. The molecule has 1 heterocycles. The predicted molar refractivity (Wildman–Crippen MR) is 103 cm³/mol. The van der Waals surface area contributed by atoms with E-state index in [2.05, 4.69) is 10.0 Å². The zero-order chi connectivity index (χ0) is 20.0. The highest BCUT2D eigenvalue weighted by atomic mass is 32.2. The van der Waals surface area contributed by atoms with Crippen molar-refractivity contribution in [2.24, 2.45) is 0 Å². The molecular formula is C20H23FN2O4S. The number of carbonyl (C=O) groups is 1. The van der Waals surface area contributed by atoms with Gasteiger partial charge in [0.05, 0.1) is 11.0 Å². The highest BCUT2D eigenvalue weighted by molar-refractivity contribution is 7.89. The van der Waals surface area contributed by atoms with Crippen molar-refractivity contribution in [1.82, 2.24) is 10.0 Å². The summed E-state index contributed by atoms with van der Waals surface area (Å²) in [4.78, 5) is 12.6. The molecule has 2 N–H and O–H groups in total. The van der Waals surface area contributed by atoms with E-state index in [0.717, 1.165) is 30.5 Å². The Balaban J connectivity index is 1.74. The lowest BCUT2D eigenvalue weighted by Crippen LogP contribution is -2.49. The number of benzene rings is 2. The van der Waals surface area contributed by atoms with E-state index in [9.17, 15) is 17.6 Å². The standard InChI is InChI=1S/C20H23FN2O4S/c21-16-8-10-18(11-9-16)28(25,26)23-19(13-15-5-2-1-3-6-15)20(24)22-14-17-7-4-12-27-17/h1-3,5-6,8-11,17,19,23H,4,7,12-14H2,(H,22,24)/t17-,19+/m0/s1. The number of rotatable bonds is 8. The molecule has 150 valence electrons. The Morgan fingerprint density at radius 3 is 2.50 bits per heavy atom. The molecule has 0 bridgehead atoms. The fraction of sp³-hybridized carbons (Fsp3) is 0.350. The van der Waals surface area contributed by atoms with E-state index >= 15 is 0 Å². The number of carbonyl (C=O) groups excluding carboxylic acids is 1. The number of sulfonamides is 1. The highest BCUT2D eigenvalue weighted by Gasteiger charge is 2.27. The molecule has 3 rings (SSSR count). The second-order valence-corrected chi connectivity index (χ2v) is 8.41. The second kappa shape index (κ2) is 9.27. The summed E-state index contributed by atoms with van der Waals surface area (Å²) in [7, 11) is -3.99. The lowest BCUT2D eigenvalue weighted by Gasteiger charge is -2.20. The maximum atomic E-state index is 13.1. The number of amides is 1. The van der Waals surface area contributed by atoms with Gasteiger partial charge in [-0.05, 0) is 49.1 Å². The first kappa shape index (κ1) is 20.4. The lowest BCUT2D eigenvalue weighted by molar-refractivity contribution is -0.123. The van der Waals surface area contributed by atoms with Crippen LogP contribution in [0.15, 0.2) is 59.5 Å². The minimum absolute atomic E-state index is 0.0463. The van der Waals surface area contributed by atoms with Crippen molar-refractivity contribution in [2.45, 2.75) is 36.3 Å². The van der Waals surface area contributed by atoms with E-state index in [-0.39, 0.29) is 17.4 Å². The fourth-order valence-electron chi connectivity index (χ4n) is 3.05. The molecule has 0 spiro atoms. The van der Waals surface area contributed by atoms with Gasteiger partial charge in [-0.25, -0.2) is 12.8 Å². The smallest absolute Gasteiger partial charge is 0.241 e. The van der Waals surface area contributed by atoms with Gasteiger partial charge in [0.1, 0.15) is 11.9 Å². The zero-order valence-electron chi connectivity index (χ0n) is 15.3. The molecule has 1 amide bonds. The highest BCUT2D eigenvalue weighted by Crippen LogP contribution is 2.13. The van der Waals surface area contributed by atoms with E-state index < -0.39 is 27.8 Å². The van der Waals surface area contributed by atoms with Crippen LogP contribution in [0.4, 0.5) is 4.39 Å². The molecule has 2 atom stereocenters. The maximum Gasteiger partial charge on any atom is 0.241 e. The molecule has 0 aliphatic carbocycles. The molecule has 2 aromatic carbocycles. The summed E-state index contributed by atoms with van der Waals surface area (Å²) in [5.41, 5.74) is 0.821. The first-order valence-corrected chi connectivity index (χ1v) is 10.6. The minimum atomic E-state index is -3.99. The Morgan fingerprint density at radius 1 is 1.14 bits per heavy atom. The van der Waals surface area contributed by atoms with E-state index in [0.29, 0.717) is 13.2 Å². The maximum absolute atomic E-state index is 13.1. The van der Waals surface area contributed by atoms with Crippen molar-refractivity contribution in [3.05, 3.63) is 66.0 Å². The zero-order valence-corrected chi connectivity index (χ0v) is 16.1. The summed E-state index contributed by atoms with van der Waals surface area (Å²) >= 11 is 0. The molecule has 1 aliphatic rings. The van der Waals surface area contributed by atoms with Crippen LogP contribution in [0.5, 0.6) is 0 Å². The molecule has 6 nitrogen and oxygen atoms in total. The molecule has 0 aromatic heterocycles. The largest absolute Gasteiger partial charge is 0.376 e. The van der Waals surface area contributed by atoms with Crippen molar-refractivity contribution in [1.29, 1.82) is 0 Å². The molecular weight excluding hydrogens is 383 g/mol. The van der Waals surface area contributed by atoms with Gasteiger partial charge in [-0.1, -0.05) is 30.3 Å². The Hall–Kier alpha value is -2.29. The number of nitrogens with one attached hydrogen (secondary N) is 2. The van der Waals surface area contributed by atoms with Gasteiger partial charge >= 0.3 is 0 Å². The van der Waals surface area contributed by atoms with E-state index in [4.69, 9.17) is 4.74 Å². The van der Waals surface area contributed by atoms with Gasteiger partial charge in [-0.3, -0.25) is 4.79 Å². The summed E-state index contributed by atoms with van der Waals surface area (Å²) in [5.74, 6) is -0.959. The minimum Gasteiger partial charge on any atom is -0.376 e. The summed E-state index contributed by atoms with van der Waals surface area (Å²) < 4.78 is 46.4. The van der Waals surface area contributed by atoms with Crippen LogP contribution in [0.1, 0.15) is 18.4 Å². The molecule has 0 saturated carbocycles. The van der Waals surface area contributed by atoms with Gasteiger partial charge < -0.3 is 10.1 Å². The number of hydrogen-bond acceptors (Lipinski definition) is 4. The van der Waals surface area contributed by atoms with Crippen LogP contribution in [0.3, 0.4) is 0 Å². The second-order valence-electron chi connectivity index (χ2n) is 6.70. The van der Waals surface area contributed by atoms with Crippen LogP contribution in [0, 0.1) is 5.82 Å². The molecule has 0 unspecified atom stereocenters. The number of hydrogen-bond donors (Lipinski definition) is 2. The summed E-state index contributed by atoms with van der Waals surface area (Å²) in [6.45, 7) is 1.01. The lowest BCUT2D eigenvalue weighted by atomic mass is 10.1. The molecule has 0 radical (unpaired) electrons. The van der Waals surface area contributed by atoms with E-state index in [1.165, 1.54) is 12.1 Å². The fourth-order valence-corrected chi connectivity index (χ4v) is 4.25. The quantitative estimate of drug-likeness (QED) is 0.702. The van der Waals surface area contributed by atoms with Gasteiger partial charge in [0.25, 0.3) is 0 Å². The summed E-state index contributed by atoms with van der Waals surface area (Å²) in [5, 5.41) is 2.78. The van der Waals surface area contributed by atoms with Crippen molar-refractivity contribution < 1.29 is 22.3 Å². The Morgan fingerprint density at radius 2 is 1.86 bits per heavy atom. The van der Waals surface area contributed by atoms with Crippen molar-refractivity contribution in [3.8, 4) is 0 Å². The Bertz CT molecular complexity index is 882. The van der Waals surface area contributed by atoms with Crippen LogP contribution in [0.25, 0.3) is 0 Å². The SMILES string of the molecule is O=C(NC[C@@H]1CCCO1)[C@@H](Cc1ccccc1)NS(=O)(=O)c1ccc(F)cc1. The number of ether oxygens (including phenoxy) is 1. The van der Waals surface area contributed by atoms with E-state index in [1.54, 1.807) is 0 Å². The molecule has 1 saturated heterocycles. The van der Waals surface area contributed by atoms with Gasteiger partial charge in [0.15, 0.2) is 0 Å². The Labute approximate surface area is 164 Å². The molecule has 28 heavy (non-hydrogen) atoms. The van der Waals surface area contributed by atoms with Crippen LogP contribution in [-0.4, -0.2) is 39.6 Å². The van der Waals surface area contributed by atoms with Gasteiger partial charge in [0.2, 0.25) is 15.9 Å². The third-order valence-electron chi connectivity index (χ3n) is 4.55.